The Labute approximate surface area is 250 Å². The summed E-state index contributed by atoms with van der Waals surface area (Å²) in [4.78, 5) is 51.9. The number of ketones is 1. The standard InChI is InChI=1S/C30H28B3ClN2O6/c1-42-25-16-36(26(37)15-23(25)22-14-19(34)9-12-21(22)27(38)30(31,32)33)24(13-17-5-3-2-4-6-17)28(39)35-20-10-7-18(8-11-20)29(40)41/h2-12,14-16,24H,13,31-33H2,1H3,(H,35,39)(H,40,41). The lowest BCUT2D eigenvalue weighted by atomic mass is 9.40. The summed E-state index contributed by atoms with van der Waals surface area (Å²) in [6.45, 7) is 0. The zero-order valence-corrected chi connectivity index (χ0v) is 24.4. The summed E-state index contributed by atoms with van der Waals surface area (Å²) in [5.74, 6) is -1.42. The molecule has 12 heteroatoms. The van der Waals surface area contributed by atoms with Gasteiger partial charge in [0.05, 0.1) is 42.4 Å². The Kier molecular flexibility index (Phi) is 9.12. The van der Waals surface area contributed by atoms with Gasteiger partial charge in [-0.15, -0.1) is 0 Å². The van der Waals surface area contributed by atoms with E-state index >= 15 is 0 Å². The van der Waals surface area contributed by atoms with Crippen molar-refractivity contribution in [1.82, 2.24) is 4.57 Å². The second-order valence-electron chi connectivity index (χ2n) is 10.8. The first kappa shape index (κ1) is 30.5. The number of carbonyl (C=O) groups excluding carboxylic acids is 2. The number of anilines is 1. The number of amides is 1. The molecular weight excluding hydrogens is 552 g/mol. The van der Waals surface area contributed by atoms with E-state index in [0.717, 1.165) is 5.56 Å². The van der Waals surface area contributed by atoms with E-state index in [9.17, 15) is 24.3 Å². The molecule has 42 heavy (non-hydrogen) atoms. The maximum Gasteiger partial charge on any atom is 0.335 e. The molecule has 8 nitrogen and oxygen atoms in total. The minimum Gasteiger partial charge on any atom is -0.495 e. The number of hydrogen-bond donors (Lipinski definition) is 2. The number of carbonyl (C=O) groups is 3. The van der Waals surface area contributed by atoms with E-state index in [1.165, 1.54) is 48.2 Å². The summed E-state index contributed by atoms with van der Waals surface area (Å²) in [5.41, 5.74) is 2.01. The largest absolute Gasteiger partial charge is 0.495 e. The fraction of sp³-hybridized carbons (Fsp3) is 0.133. The van der Waals surface area contributed by atoms with Crippen molar-refractivity contribution in [3.63, 3.8) is 0 Å². The zero-order chi connectivity index (χ0) is 30.6. The van der Waals surface area contributed by atoms with E-state index in [1.54, 1.807) is 18.2 Å². The maximum atomic E-state index is 13.7. The number of hydrogen-bond acceptors (Lipinski definition) is 5. The molecular formula is C30H28B3ClN2O6. The van der Waals surface area contributed by atoms with Gasteiger partial charge in [0.1, 0.15) is 17.6 Å². The Morgan fingerprint density at radius 3 is 2.24 bits per heavy atom. The Morgan fingerprint density at radius 2 is 1.64 bits per heavy atom. The molecule has 0 saturated heterocycles. The smallest absolute Gasteiger partial charge is 0.335 e. The summed E-state index contributed by atoms with van der Waals surface area (Å²) in [6, 6.07) is 20.2. The number of methoxy groups -OCH3 is 1. The minimum absolute atomic E-state index is 0.0794. The highest BCUT2D eigenvalue weighted by Crippen LogP contribution is 2.36. The molecule has 0 spiro atoms. The third kappa shape index (κ3) is 6.86. The number of pyridine rings is 1. The van der Waals surface area contributed by atoms with E-state index in [0.29, 0.717) is 27.4 Å². The highest BCUT2D eigenvalue weighted by molar-refractivity contribution is 6.70. The number of halogens is 1. The van der Waals surface area contributed by atoms with Crippen LogP contribution in [0.3, 0.4) is 0 Å². The predicted molar refractivity (Wildman–Crippen MR) is 172 cm³/mol. The molecule has 0 aliphatic rings. The van der Waals surface area contributed by atoms with Gasteiger partial charge in [0.15, 0.2) is 0 Å². The summed E-state index contributed by atoms with van der Waals surface area (Å²) < 4.78 is 6.99. The van der Waals surface area contributed by atoms with Crippen molar-refractivity contribution in [3.8, 4) is 16.9 Å². The molecule has 210 valence electrons. The van der Waals surface area contributed by atoms with Crippen molar-refractivity contribution in [1.29, 1.82) is 0 Å². The van der Waals surface area contributed by atoms with Gasteiger partial charge in [0.25, 0.3) is 5.56 Å². The van der Waals surface area contributed by atoms with Crippen LogP contribution in [0.15, 0.2) is 89.9 Å². The predicted octanol–water partition coefficient (Wildman–Crippen LogP) is 2.45. The number of aromatic nitrogens is 1. The minimum atomic E-state index is -1.08. The highest BCUT2D eigenvalue weighted by atomic mass is 35.5. The van der Waals surface area contributed by atoms with Crippen molar-refractivity contribution in [2.75, 3.05) is 12.4 Å². The fourth-order valence-electron chi connectivity index (χ4n) is 4.56. The maximum absolute atomic E-state index is 13.7. The van der Waals surface area contributed by atoms with Crippen LogP contribution >= 0.6 is 11.6 Å². The van der Waals surface area contributed by atoms with Gasteiger partial charge >= 0.3 is 5.97 Å². The van der Waals surface area contributed by atoms with Gasteiger partial charge in [-0.3, -0.25) is 19.0 Å². The molecule has 3 aromatic carbocycles. The van der Waals surface area contributed by atoms with Crippen molar-refractivity contribution >= 4 is 58.5 Å². The average molecular weight is 580 g/mol. The van der Waals surface area contributed by atoms with E-state index in [-0.39, 0.29) is 23.5 Å². The number of carboxylic acids is 1. The number of aromatic carboxylic acids is 1. The number of benzene rings is 3. The Bertz CT molecular complexity index is 1700. The number of nitrogens with zero attached hydrogens (tertiary/aromatic N) is 1. The summed E-state index contributed by atoms with van der Waals surface area (Å²) in [7, 11) is 6.88. The Morgan fingerprint density at radius 1 is 0.976 bits per heavy atom. The third-order valence-electron chi connectivity index (χ3n) is 6.77. The van der Waals surface area contributed by atoms with Crippen molar-refractivity contribution in [2.24, 2.45) is 0 Å². The molecule has 1 amide bonds. The molecule has 1 aromatic heterocycles. The molecule has 4 aromatic rings. The number of rotatable bonds is 10. The lowest BCUT2D eigenvalue weighted by molar-refractivity contribution is -0.119. The first-order valence-corrected chi connectivity index (χ1v) is 13.6. The normalized spacial score (nSPS) is 11.9. The Hall–Kier alpha value is -4.50. The SMILES string of the molecule is BC(B)(B)C(=O)c1ccc(Cl)cc1-c1cc(=O)n(C(Cc2ccccc2)C(=O)Nc2ccc(C(=O)O)cc2)cc1OC. The van der Waals surface area contributed by atoms with Crippen LogP contribution in [0.2, 0.25) is 10.1 Å². The second kappa shape index (κ2) is 12.6. The summed E-state index contributed by atoms with van der Waals surface area (Å²) >= 11 is 6.32. The highest BCUT2D eigenvalue weighted by Gasteiger charge is 2.28. The van der Waals surface area contributed by atoms with Crippen LogP contribution in [-0.2, 0) is 11.2 Å². The molecule has 2 N–H and O–H groups in total. The van der Waals surface area contributed by atoms with Crippen LogP contribution in [0.25, 0.3) is 11.1 Å². The van der Waals surface area contributed by atoms with Crippen LogP contribution in [0, 0.1) is 0 Å². The van der Waals surface area contributed by atoms with Gasteiger partial charge in [-0.1, -0.05) is 47.0 Å². The molecule has 1 heterocycles. The third-order valence-corrected chi connectivity index (χ3v) is 7.01. The first-order chi connectivity index (χ1) is 19.9. The molecule has 0 aliphatic carbocycles. The molecule has 1 unspecified atom stereocenters. The Balaban J connectivity index is 1.81. The zero-order valence-electron chi connectivity index (χ0n) is 23.7. The van der Waals surface area contributed by atoms with Crippen molar-refractivity contribution in [3.05, 3.63) is 117 Å². The number of ether oxygens (including phenoxy) is 1. The molecule has 0 saturated carbocycles. The number of Topliss-reactive ketones (excluding diaryl/α,β-unsaturated/α-hetero) is 1. The van der Waals surface area contributed by atoms with E-state index < -0.39 is 28.6 Å². The van der Waals surface area contributed by atoms with Crippen LogP contribution in [0.5, 0.6) is 5.75 Å². The second-order valence-corrected chi connectivity index (χ2v) is 11.3. The molecule has 4 rings (SSSR count). The van der Waals surface area contributed by atoms with Crippen LogP contribution in [0.1, 0.15) is 32.3 Å². The van der Waals surface area contributed by atoms with Crippen LogP contribution in [-0.4, -0.2) is 58.0 Å². The van der Waals surface area contributed by atoms with Crippen molar-refractivity contribution < 1.29 is 24.2 Å². The average Bonchev–Trinajstić information content (AvgIpc) is 2.96. The lowest BCUT2D eigenvalue weighted by Crippen LogP contribution is -2.34. The lowest BCUT2D eigenvalue weighted by Gasteiger charge is -2.23. The summed E-state index contributed by atoms with van der Waals surface area (Å²) in [6.07, 6.45) is 1.65. The number of carboxylic acid groups (broad SMARTS) is 1. The fourth-order valence-corrected chi connectivity index (χ4v) is 4.74. The monoisotopic (exact) mass is 580 g/mol. The molecule has 0 radical (unpaired) electrons. The quantitative estimate of drug-likeness (QED) is 0.220. The van der Waals surface area contributed by atoms with Gasteiger partial charge in [-0.05, 0) is 53.6 Å². The first-order valence-electron chi connectivity index (χ1n) is 13.2. The van der Waals surface area contributed by atoms with Gasteiger partial charge in [-0.2, -0.15) is 0 Å². The van der Waals surface area contributed by atoms with Crippen LogP contribution < -0.4 is 15.6 Å². The van der Waals surface area contributed by atoms with Gasteiger partial charge in [-0.25, -0.2) is 4.79 Å². The van der Waals surface area contributed by atoms with E-state index in [4.69, 9.17) is 16.3 Å². The van der Waals surface area contributed by atoms with E-state index in [2.05, 4.69) is 5.32 Å². The molecule has 1 atom stereocenters. The van der Waals surface area contributed by atoms with Crippen molar-refractivity contribution in [2.45, 2.75) is 17.6 Å². The topological polar surface area (TPSA) is 115 Å². The molecule has 0 aliphatic heterocycles. The molecule has 0 bridgehead atoms. The van der Waals surface area contributed by atoms with E-state index in [1.807, 2.05) is 53.9 Å². The number of nitrogens with one attached hydrogen (secondary N) is 1. The van der Waals surface area contributed by atoms with Crippen LogP contribution in [0.4, 0.5) is 5.69 Å². The van der Waals surface area contributed by atoms with Gasteiger partial charge < -0.3 is 15.2 Å². The van der Waals surface area contributed by atoms with Gasteiger partial charge in [0.2, 0.25) is 5.91 Å². The summed E-state index contributed by atoms with van der Waals surface area (Å²) in [5, 5.41) is 11.7. The van der Waals surface area contributed by atoms with Gasteiger partial charge in [0, 0.05) is 34.3 Å². The molecule has 0 fully saturated rings.